The fraction of sp³-hybridized carbons (Fsp3) is 0.476. The van der Waals surface area contributed by atoms with Gasteiger partial charge in [0.1, 0.15) is 0 Å². The fourth-order valence-electron chi connectivity index (χ4n) is 3.83. The number of nitrogens with one attached hydrogen (secondary N) is 1. The Kier molecular flexibility index (Phi) is 5.18. The van der Waals surface area contributed by atoms with Crippen molar-refractivity contribution in [1.29, 1.82) is 0 Å². The zero-order valence-corrected chi connectivity index (χ0v) is 15.5. The number of amides is 1. The van der Waals surface area contributed by atoms with Gasteiger partial charge >= 0.3 is 0 Å². The number of thiophene rings is 1. The third-order valence-corrected chi connectivity index (χ3v) is 6.54. The summed E-state index contributed by atoms with van der Waals surface area (Å²) in [6.45, 7) is 4.10. The Morgan fingerprint density at radius 1 is 1.00 bits per heavy atom. The molecule has 1 amide bonds. The van der Waals surface area contributed by atoms with Crippen LogP contribution in [0.5, 0.6) is 0 Å². The summed E-state index contributed by atoms with van der Waals surface area (Å²) < 4.78 is 0. The van der Waals surface area contributed by atoms with Crippen molar-refractivity contribution >= 4 is 17.2 Å². The minimum atomic E-state index is 0.0699. The van der Waals surface area contributed by atoms with E-state index in [4.69, 9.17) is 0 Å². The van der Waals surface area contributed by atoms with Gasteiger partial charge in [-0.25, -0.2) is 0 Å². The van der Waals surface area contributed by atoms with Crippen LogP contribution < -0.4 is 5.32 Å². The second-order valence-corrected chi connectivity index (χ2v) is 8.39. The molecule has 1 saturated heterocycles. The number of hydrogen-bond donors (Lipinski definition) is 1. The number of hydrogen-bond acceptors (Lipinski definition) is 3. The highest BCUT2D eigenvalue weighted by molar-refractivity contribution is 7.14. The van der Waals surface area contributed by atoms with Crippen molar-refractivity contribution in [1.82, 2.24) is 10.2 Å². The third kappa shape index (κ3) is 4.13. The second-order valence-electron chi connectivity index (χ2n) is 7.25. The molecule has 0 saturated carbocycles. The molecule has 1 N–H and O–H groups in total. The average molecular weight is 355 g/mol. The first-order chi connectivity index (χ1) is 12.3. The van der Waals surface area contributed by atoms with Gasteiger partial charge in [-0.05, 0) is 74.4 Å². The molecule has 132 valence electrons. The summed E-state index contributed by atoms with van der Waals surface area (Å²) in [4.78, 5) is 17.2. The highest BCUT2D eigenvalue weighted by Gasteiger charge is 2.17. The lowest BCUT2D eigenvalue weighted by molar-refractivity contribution is 0.0955. The first-order valence-corrected chi connectivity index (χ1v) is 10.3. The lowest BCUT2D eigenvalue weighted by Crippen LogP contribution is -2.22. The maximum Gasteiger partial charge on any atom is 0.261 e. The summed E-state index contributed by atoms with van der Waals surface area (Å²) in [6.07, 6.45) is 7.46. The molecule has 0 radical (unpaired) electrons. The lowest BCUT2D eigenvalue weighted by Gasteiger charge is -2.14. The number of carbonyl (C=O) groups excluding carboxylic acids is 1. The lowest BCUT2D eigenvalue weighted by atomic mass is 9.99. The summed E-state index contributed by atoms with van der Waals surface area (Å²) in [5, 5.41) is 3.08. The molecule has 2 aromatic rings. The van der Waals surface area contributed by atoms with Gasteiger partial charge in [-0.2, -0.15) is 0 Å². The first-order valence-electron chi connectivity index (χ1n) is 9.48. The molecule has 1 aromatic heterocycles. The molecule has 25 heavy (non-hydrogen) atoms. The number of benzene rings is 1. The van der Waals surface area contributed by atoms with E-state index < -0.39 is 0 Å². The van der Waals surface area contributed by atoms with Crippen molar-refractivity contribution < 1.29 is 4.79 Å². The zero-order chi connectivity index (χ0) is 17.1. The average Bonchev–Trinajstić information content (AvgIpc) is 3.30. The van der Waals surface area contributed by atoms with Gasteiger partial charge in [-0.1, -0.05) is 24.3 Å². The Morgan fingerprint density at radius 2 is 1.72 bits per heavy atom. The Hall–Kier alpha value is -1.65. The van der Waals surface area contributed by atoms with E-state index in [9.17, 15) is 4.79 Å². The highest BCUT2D eigenvalue weighted by Crippen LogP contribution is 2.29. The van der Waals surface area contributed by atoms with Crippen LogP contribution in [-0.4, -0.2) is 23.9 Å². The quantitative estimate of drug-likeness (QED) is 0.875. The van der Waals surface area contributed by atoms with Crippen molar-refractivity contribution in [3.8, 4) is 0 Å². The molecule has 0 unspecified atom stereocenters. The van der Waals surface area contributed by atoms with Gasteiger partial charge in [0.05, 0.1) is 4.88 Å². The molecule has 0 atom stereocenters. The van der Waals surface area contributed by atoms with Crippen molar-refractivity contribution in [2.75, 3.05) is 13.1 Å². The predicted molar refractivity (Wildman–Crippen MR) is 103 cm³/mol. The first kappa shape index (κ1) is 16.8. The van der Waals surface area contributed by atoms with E-state index >= 15 is 0 Å². The summed E-state index contributed by atoms with van der Waals surface area (Å²) >= 11 is 1.68. The number of aryl methyl sites for hydroxylation is 2. The summed E-state index contributed by atoms with van der Waals surface area (Å²) in [5.74, 6) is 0.0699. The van der Waals surface area contributed by atoms with E-state index in [0.29, 0.717) is 6.54 Å². The second kappa shape index (κ2) is 7.71. The van der Waals surface area contributed by atoms with Gasteiger partial charge in [0, 0.05) is 18.0 Å². The number of likely N-dealkylation sites (tertiary alicyclic amines) is 1. The molecule has 3 nitrogen and oxygen atoms in total. The van der Waals surface area contributed by atoms with Crippen LogP contribution in [0.3, 0.4) is 0 Å². The van der Waals surface area contributed by atoms with E-state index in [1.54, 1.807) is 11.3 Å². The molecule has 2 aliphatic rings. The van der Waals surface area contributed by atoms with E-state index in [-0.39, 0.29) is 5.91 Å². The van der Waals surface area contributed by atoms with Crippen LogP contribution >= 0.6 is 11.3 Å². The van der Waals surface area contributed by atoms with E-state index in [2.05, 4.69) is 40.5 Å². The Bertz CT molecular complexity index is 705. The van der Waals surface area contributed by atoms with Crippen LogP contribution in [0.25, 0.3) is 0 Å². The maximum atomic E-state index is 12.4. The molecule has 0 bridgehead atoms. The number of nitrogens with zero attached hydrogens (tertiary/aromatic N) is 1. The number of fused-ring (bicyclic) bond motifs is 1. The molecular formula is C21H26N2OS. The Morgan fingerprint density at radius 3 is 2.48 bits per heavy atom. The van der Waals surface area contributed by atoms with Gasteiger partial charge in [-0.15, -0.1) is 11.3 Å². The van der Waals surface area contributed by atoms with Crippen molar-refractivity contribution in [2.45, 2.75) is 51.6 Å². The molecule has 1 fully saturated rings. The molecule has 1 aliphatic heterocycles. The molecule has 2 heterocycles. The van der Waals surface area contributed by atoms with Gasteiger partial charge in [0.2, 0.25) is 0 Å². The fourth-order valence-corrected chi connectivity index (χ4v) is 5.00. The van der Waals surface area contributed by atoms with Crippen molar-refractivity contribution in [3.63, 3.8) is 0 Å². The van der Waals surface area contributed by atoms with Crippen molar-refractivity contribution in [2.24, 2.45) is 0 Å². The van der Waals surface area contributed by atoms with E-state index in [0.717, 1.165) is 24.3 Å². The minimum absolute atomic E-state index is 0.0699. The molecule has 0 spiro atoms. The molecule has 4 heteroatoms. The van der Waals surface area contributed by atoms with Crippen LogP contribution in [-0.2, 0) is 25.9 Å². The molecular weight excluding hydrogens is 328 g/mol. The standard InChI is InChI=1S/C21H26N2OS/c24-21(20-13-18-5-1-2-6-19(18)25-20)22-14-16-7-9-17(10-8-16)15-23-11-3-4-12-23/h7-10,13H,1-6,11-12,14-15H2,(H,22,24). The third-order valence-electron chi connectivity index (χ3n) is 5.30. The van der Waals surface area contributed by atoms with Crippen LogP contribution in [0.1, 0.15) is 56.9 Å². The normalized spacial score (nSPS) is 17.4. The monoisotopic (exact) mass is 354 g/mol. The van der Waals surface area contributed by atoms with Crippen LogP contribution in [0, 0.1) is 0 Å². The largest absolute Gasteiger partial charge is 0.347 e. The minimum Gasteiger partial charge on any atom is -0.347 e. The van der Waals surface area contributed by atoms with E-state index in [1.807, 2.05) is 0 Å². The van der Waals surface area contributed by atoms with Gasteiger partial charge in [0.15, 0.2) is 0 Å². The molecule has 1 aliphatic carbocycles. The smallest absolute Gasteiger partial charge is 0.261 e. The Labute approximate surface area is 154 Å². The van der Waals surface area contributed by atoms with Crippen LogP contribution in [0.4, 0.5) is 0 Å². The topological polar surface area (TPSA) is 32.3 Å². The summed E-state index contributed by atoms with van der Waals surface area (Å²) in [5.41, 5.74) is 3.93. The maximum absolute atomic E-state index is 12.4. The number of carbonyl (C=O) groups is 1. The number of rotatable bonds is 5. The predicted octanol–water partition coefficient (Wildman–Crippen LogP) is 4.15. The van der Waals surface area contributed by atoms with Gasteiger partial charge in [0.25, 0.3) is 5.91 Å². The summed E-state index contributed by atoms with van der Waals surface area (Å²) in [7, 11) is 0. The SMILES string of the molecule is O=C(NCc1ccc(CN2CCCC2)cc1)c1cc2c(s1)CCCC2. The van der Waals surface area contributed by atoms with Crippen LogP contribution in [0.15, 0.2) is 30.3 Å². The molecule has 1 aromatic carbocycles. The summed E-state index contributed by atoms with van der Waals surface area (Å²) in [6, 6.07) is 10.8. The Balaban J connectivity index is 1.31. The highest BCUT2D eigenvalue weighted by atomic mass is 32.1. The van der Waals surface area contributed by atoms with Crippen molar-refractivity contribution in [3.05, 3.63) is 56.8 Å². The molecule has 4 rings (SSSR count). The zero-order valence-electron chi connectivity index (χ0n) is 14.7. The van der Waals surface area contributed by atoms with Gasteiger partial charge in [-0.3, -0.25) is 9.69 Å². The van der Waals surface area contributed by atoms with Crippen LogP contribution in [0.2, 0.25) is 0 Å². The van der Waals surface area contributed by atoms with Gasteiger partial charge < -0.3 is 5.32 Å². The van der Waals surface area contributed by atoms with E-state index in [1.165, 1.54) is 60.3 Å².